The van der Waals surface area contributed by atoms with Gasteiger partial charge in [0, 0.05) is 0 Å². The van der Waals surface area contributed by atoms with Gasteiger partial charge in [0.2, 0.25) is 0 Å². The normalized spacial score (nSPS) is 12.9. The molecular weight excluding hydrogens is 166 g/mol. The first-order valence-corrected chi connectivity index (χ1v) is 4.29. The van der Waals surface area contributed by atoms with Gasteiger partial charge in [-0.3, -0.25) is 0 Å². The van der Waals surface area contributed by atoms with Crippen molar-refractivity contribution in [2.24, 2.45) is 0 Å². The minimum atomic E-state index is -0.671. The van der Waals surface area contributed by atoms with Gasteiger partial charge in [0.25, 0.3) is 0 Å². The SMILES string of the molecule is [B]c1cc(C)c(F)cc1[C@H](O)CC. The zero-order valence-electron chi connectivity index (χ0n) is 7.84. The quantitative estimate of drug-likeness (QED) is 0.678. The maximum absolute atomic E-state index is 13.1. The summed E-state index contributed by atoms with van der Waals surface area (Å²) in [4.78, 5) is 0. The molecule has 0 fully saturated rings. The molecule has 0 bridgehead atoms. The van der Waals surface area contributed by atoms with E-state index in [-0.39, 0.29) is 5.82 Å². The highest BCUT2D eigenvalue weighted by molar-refractivity contribution is 6.33. The van der Waals surface area contributed by atoms with Crippen molar-refractivity contribution >= 4 is 13.3 Å². The van der Waals surface area contributed by atoms with E-state index < -0.39 is 6.10 Å². The molecule has 1 aromatic carbocycles. The fraction of sp³-hybridized carbons (Fsp3) is 0.400. The first kappa shape index (κ1) is 10.3. The van der Waals surface area contributed by atoms with Gasteiger partial charge in [-0.05, 0) is 30.5 Å². The minimum Gasteiger partial charge on any atom is -0.388 e. The summed E-state index contributed by atoms with van der Waals surface area (Å²) in [6.07, 6.45) is -0.137. The van der Waals surface area contributed by atoms with Gasteiger partial charge in [0.15, 0.2) is 0 Å². The van der Waals surface area contributed by atoms with Crippen LogP contribution in [0.15, 0.2) is 12.1 Å². The Balaban J connectivity index is 3.15. The van der Waals surface area contributed by atoms with Crippen LogP contribution in [0.1, 0.15) is 30.6 Å². The molecule has 0 aliphatic heterocycles. The smallest absolute Gasteiger partial charge is 0.126 e. The fourth-order valence-corrected chi connectivity index (χ4v) is 1.23. The molecule has 0 saturated heterocycles. The lowest BCUT2D eigenvalue weighted by Gasteiger charge is -2.13. The molecule has 1 aromatic rings. The third kappa shape index (κ3) is 2.10. The molecule has 0 unspecified atom stereocenters. The minimum absolute atomic E-state index is 0.322. The number of hydrogen-bond acceptors (Lipinski definition) is 1. The van der Waals surface area contributed by atoms with Gasteiger partial charge in [-0.1, -0.05) is 18.5 Å². The average Bonchev–Trinajstić information content (AvgIpc) is 2.10. The van der Waals surface area contributed by atoms with Crippen molar-refractivity contribution in [2.45, 2.75) is 26.4 Å². The van der Waals surface area contributed by atoms with E-state index in [0.717, 1.165) is 0 Å². The highest BCUT2D eigenvalue weighted by Gasteiger charge is 2.10. The predicted octanol–water partition coefficient (Wildman–Crippen LogP) is 1.37. The second kappa shape index (κ2) is 3.92. The Morgan fingerprint density at radius 1 is 1.54 bits per heavy atom. The summed E-state index contributed by atoms with van der Waals surface area (Å²) in [5.74, 6) is -0.322. The Morgan fingerprint density at radius 3 is 2.69 bits per heavy atom. The molecular formula is C10H12BFO. The summed E-state index contributed by atoms with van der Waals surface area (Å²) in [6, 6.07) is 2.85. The first-order valence-electron chi connectivity index (χ1n) is 4.29. The van der Waals surface area contributed by atoms with E-state index in [1.54, 1.807) is 13.0 Å². The van der Waals surface area contributed by atoms with Crippen molar-refractivity contribution < 1.29 is 9.50 Å². The average molecular weight is 178 g/mol. The third-order valence-electron chi connectivity index (χ3n) is 2.11. The van der Waals surface area contributed by atoms with E-state index >= 15 is 0 Å². The van der Waals surface area contributed by atoms with Gasteiger partial charge in [0.1, 0.15) is 13.7 Å². The summed E-state index contributed by atoms with van der Waals surface area (Å²) in [6.45, 7) is 3.47. The lowest BCUT2D eigenvalue weighted by Crippen LogP contribution is -2.15. The van der Waals surface area contributed by atoms with Gasteiger partial charge in [-0.2, -0.15) is 0 Å². The van der Waals surface area contributed by atoms with Crippen molar-refractivity contribution in [3.8, 4) is 0 Å². The Bertz CT molecular complexity index is 312. The van der Waals surface area contributed by atoms with Crippen LogP contribution in [0.25, 0.3) is 0 Å². The number of hydrogen-bond donors (Lipinski definition) is 1. The number of rotatable bonds is 2. The van der Waals surface area contributed by atoms with Crippen LogP contribution in [-0.2, 0) is 0 Å². The molecule has 0 spiro atoms. The van der Waals surface area contributed by atoms with Crippen LogP contribution in [0.3, 0.4) is 0 Å². The van der Waals surface area contributed by atoms with Gasteiger partial charge >= 0.3 is 0 Å². The topological polar surface area (TPSA) is 20.2 Å². The Labute approximate surface area is 79.0 Å². The van der Waals surface area contributed by atoms with Crippen molar-refractivity contribution in [3.05, 3.63) is 29.1 Å². The second-order valence-electron chi connectivity index (χ2n) is 3.15. The summed E-state index contributed by atoms with van der Waals surface area (Å²) in [5.41, 5.74) is 1.43. The van der Waals surface area contributed by atoms with Crippen LogP contribution in [0.5, 0.6) is 0 Å². The van der Waals surface area contributed by atoms with Crippen LogP contribution in [0.2, 0.25) is 0 Å². The zero-order valence-corrected chi connectivity index (χ0v) is 7.84. The third-order valence-corrected chi connectivity index (χ3v) is 2.11. The largest absolute Gasteiger partial charge is 0.388 e. The molecule has 2 radical (unpaired) electrons. The number of halogens is 1. The molecule has 0 amide bonds. The molecule has 68 valence electrons. The highest BCUT2D eigenvalue weighted by atomic mass is 19.1. The maximum atomic E-state index is 13.1. The fourth-order valence-electron chi connectivity index (χ4n) is 1.23. The van der Waals surface area contributed by atoms with Crippen LogP contribution < -0.4 is 5.46 Å². The van der Waals surface area contributed by atoms with Gasteiger partial charge < -0.3 is 5.11 Å². The highest BCUT2D eigenvalue weighted by Crippen LogP contribution is 2.16. The van der Waals surface area contributed by atoms with Crippen molar-refractivity contribution in [1.82, 2.24) is 0 Å². The van der Waals surface area contributed by atoms with E-state index in [2.05, 4.69) is 0 Å². The Kier molecular flexibility index (Phi) is 3.09. The molecule has 0 aliphatic carbocycles. The summed E-state index contributed by atoms with van der Waals surface area (Å²) >= 11 is 0. The van der Waals surface area contributed by atoms with Gasteiger partial charge in [-0.25, -0.2) is 4.39 Å². The lowest BCUT2D eigenvalue weighted by molar-refractivity contribution is 0.174. The number of benzene rings is 1. The molecule has 3 heteroatoms. The Morgan fingerprint density at radius 2 is 2.15 bits per heavy atom. The number of aliphatic hydroxyl groups is 1. The lowest BCUT2D eigenvalue weighted by atomic mass is 9.86. The van der Waals surface area contributed by atoms with Crippen molar-refractivity contribution in [1.29, 1.82) is 0 Å². The van der Waals surface area contributed by atoms with Crippen LogP contribution in [0, 0.1) is 12.7 Å². The van der Waals surface area contributed by atoms with E-state index in [1.165, 1.54) is 6.07 Å². The second-order valence-corrected chi connectivity index (χ2v) is 3.15. The molecule has 1 N–H and O–H groups in total. The molecule has 13 heavy (non-hydrogen) atoms. The maximum Gasteiger partial charge on any atom is 0.126 e. The van der Waals surface area contributed by atoms with E-state index in [1.807, 2.05) is 6.92 Å². The number of aliphatic hydroxyl groups excluding tert-OH is 1. The summed E-state index contributed by atoms with van der Waals surface area (Å²) < 4.78 is 13.1. The summed E-state index contributed by atoms with van der Waals surface area (Å²) in [5, 5.41) is 9.48. The molecule has 0 heterocycles. The van der Waals surface area contributed by atoms with Crippen LogP contribution in [0.4, 0.5) is 4.39 Å². The van der Waals surface area contributed by atoms with E-state index in [0.29, 0.717) is 23.0 Å². The Hall–Kier alpha value is -0.825. The molecule has 1 atom stereocenters. The molecule has 1 nitrogen and oxygen atoms in total. The zero-order chi connectivity index (χ0) is 10.0. The van der Waals surface area contributed by atoms with E-state index in [4.69, 9.17) is 7.85 Å². The number of aryl methyl sites for hydroxylation is 1. The standard InChI is InChI=1S/C10H12BFO/c1-3-10(13)7-5-9(12)6(2)4-8(7)11/h4-5,10,13H,3H2,1-2H3/t10-/m1/s1. The molecule has 0 saturated carbocycles. The van der Waals surface area contributed by atoms with Crippen molar-refractivity contribution in [2.75, 3.05) is 0 Å². The van der Waals surface area contributed by atoms with Crippen LogP contribution >= 0.6 is 0 Å². The molecule has 0 aliphatic rings. The van der Waals surface area contributed by atoms with E-state index in [9.17, 15) is 9.50 Å². The van der Waals surface area contributed by atoms with Gasteiger partial charge in [0.05, 0.1) is 6.10 Å². The predicted molar refractivity (Wildman–Crippen MR) is 51.8 cm³/mol. The monoisotopic (exact) mass is 178 g/mol. The van der Waals surface area contributed by atoms with Crippen molar-refractivity contribution in [3.63, 3.8) is 0 Å². The molecule has 0 aromatic heterocycles. The summed E-state index contributed by atoms with van der Waals surface area (Å²) in [7, 11) is 5.64. The first-order chi connectivity index (χ1) is 6.06. The molecule has 1 rings (SSSR count). The van der Waals surface area contributed by atoms with Gasteiger partial charge in [-0.15, -0.1) is 0 Å². The van der Waals surface area contributed by atoms with Crippen LogP contribution in [-0.4, -0.2) is 13.0 Å².